The van der Waals surface area contributed by atoms with E-state index in [1.807, 2.05) is 0 Å². The maximum absolute atomic E-state index is 14.1. The number of hydrogen-bond acceptors (Lipinski definition) is 2. The van der Waals surface area contributed by atoms with Crippen molar-refractivity contribution in [2.24, 2.45) is 11.8 Å². The molecule has 1 amide bonds. The summed E-state index contributed by atoms with van der Waals surface area (Å²) in [7, 11) is 1.29. The number of ether oxygens (including phenoxy) is 1. The molecule has 0 aliphatic heterocycles. The van der Waals surface area contributed by atoms with Crippen molar-refractivity contribution < 1.29 is 18.3 Å². The molecular formula is C16H19F2NO2. The van der Waals surface area contributed by atoms with Crippen molar-refractivity contribution in [1.29, 1.82) is 0 Å². The van der Waals surface area contributed by atoms with Crippen molar-refractivity contribution in [3.63, 3.8) is 0 Å². The zero-order valence-electron chi connectivity index (χ0n) is 12.0. The van der Waals surface area contributed by atoms with Gasteiger partial charge in [-0.05, 0) is 43.2 Å². The Morgan fingerprint density at radius 3 is 2.81 bits per heavy atom. The molecular weight excluding hydrogens is 276 g/mol. The average Bonchev–Trinajstić information content (AvgIpc) is 3.04. The lowest BCUT2D eigenvalue weighted by molar-refractivity contribution is 0.0917. The quantitative estimate of drug-likeness (QED) is 0.929. The molecule has 0 spiro atoms. The average molecular weight is 295 g/mol. The van der Waals surface area contributed by atoms with Gasteiger partial charge in [-0.25, -0.2) is 8.78 Å². The largest absolute Gasteiger partial charge is 0.494 e. The maximum atomic E-state index is 14.1. The van der Waals surface area contributed by atoms with Crippen LogP contribution in [0.25, 0.3) is 0 Å². The second kappa shape index (κ2) is 5.62. The molecule has 21 heavy (non-hydrogen) atoms. The molecule has 0 unspecified atom stereocenters. The Morgan fingerprint density at radius 2 is 2.05 bits per heavy atom. The summed E-state index contributed by atoms with van der Waals surface area (Å²) >= 11 is 0. The molecule has 3 rings (SSSR count). The van der Waals surface area contributed by atoms with Crippen molar-refractivity contribution in [2.45, 2.75) is 38.1 Å². The van der Waals surface area contributed by atoms with Gasteiger partial charge in [-0.15, -0.1) is 0 Å². The number of hydrogen-bond donors (Lipinski definition) is 1. The van der Waals surface area contributed by atoms with Crippen LogP contribution >= 0.6 is 0 Å². The van der Waals surface area contributed by atoms with Crippen LogP contribution in [0.15, 0.2) is 12.1 Å². The first-order valence-corrected chi connectivity index (χ1v) is 7.44. The van der Waals surface area contributed by atoms with Crippen molar-refractivity contribution in [1.82, 2.24) is 5.32 Å². The van der Waals surface area contributed by atoms with Gasteiger partial charge >= 0.3 is 0 Å². The standard InChI is InChI=1S/C16H19F2NO2/c1-21-13-8-6-11(17)14(15(13)18)16(20)19-12-7-5-9-3-2-4-10(9)12/h6,8-10,12H,2-5,7H2,1H3,(H,19,20)/t9-,10-,12-/m1/s1. The van der Waals surface area contributed by atoms with E-state index in [1.54, 1.807) is 0 Å². The minimum Gasteiger partial charge on any atom is -0.494 e. The zero-order valence-corrected chi connectivity index (χ0v) is 12.0. The zero-order chi connectivity index (χ0) is 15.0. The van der Waals surface area contributed by atoms with Gasteiger partial charge in [0.2, 0.25) is 0 Å². The van der Waals surface area contributed by atoms with Gasteiger partial charge < -0.3 is 10.1 Å². The third-order valence-electron chi connectivity index (χ3n) is 4.90. The number of nitrogens with one attached hydrogen (secondary N) is 1. The molecule has 3 nitrogen and oxygen atoms in total. The van der Waals surface area contributed by atoms with Crippen molar-refractivity contribution in [2.75, 3.05) is 7.11 Å². The van der Waals surface area contributed by atoms with E-state index in [2.05, 4.69) is 5.32 Å². The lowest BCUT2D eigenvalue weighted by Gasteiger charge is -2.20. The SMILES string of the molecule is COc1ccc(F)c(C(=O)N[C@@H]2CC[C@H]3CCC[C@H]32)c1F. The second-order valence-corrected chi connectivity index (χ2v) is 5.95. The molecule has 5 heteroatoms. The summed E-state index contributed by atoms with van der Waals surface area (Å²) in [5.74, 6) is -1.46. The molecule has 2 saturated carbocycles. The van der Waals surface area contributed by atoms with Crippen LogP contribution in [0, 0.1) is 23.5 Å². The molecule has 2 aliphatic carbocycles. The molecule has 114 valence electrons. The van der Waals surface area contributed by atoms with E-state index in [-0.39, 0.29) is 11.8 Å². The van der Waals surface area contributed by atoms with E-state index in [0.717, 1.165) is 25.3 Å². The minimum atomic E-state index is -0.934. The highest BCUT2D eigenvalue weighted by Gasteiger charge is 2.40. The number of methoxy groups -OCH3 is 1. The van der Waals surface area contributed by atoms with E-state index in [1.165, 1.54) is 26.0 Å². The number of amides is 1. The molecule has 0 bridgehead atoms. The van der Waals surface area contributed by atoms with E-state index < -0.39 is 23.1 Å². The van der Waals surface area contributed by atoms with Gasteiger partial charge in [0.25, 0.3) is 5.91 Å². The molecule has 0 radical (unpaired) electrons. The van der Waals surface area contributed by atoms with Gasteiger partial charge in [0, 0.05) is 6.04 Å². The first-order chi connectivity index (χ1) is 10.1. The Hall–Kier alpha value is -1.65. The van der Waals surface area contributed by atoms with Crippen LogP contribution in [0.2, 0.25) is 0 Å². The number of rotatable bonds is 3. The highest BCUT2D eigenvalue weighted by Crippen LogP contribution is 2.44. The van der Waals surface area contributed by atoms with Gasteiger partial charge in [0.15, 0.2) is 11.6 Å². The lowest BCUT2D eigenvalue weighted by atomic mass is 9.97. The molecule has 3 atom stereocenters. The summed E-state index contributed by atoms with van der Waals surface area (Å²) in [6.45, 7) is 0. The predicted molar refractivity (Wildman–Crippen MR) is 74.2 cm³/mol. The van der Waals surface area contributed by atoms with Crippen LogP contribution in [0.5, 0.6) is 5.75 Å². The molecule has 1 N–H and O–H groups in total. The Labute approximate surface area is 122 Å². The number of halogens is 2. The summed E-state index contributed by atoms with van der Waals surface area (Å²) in [4.78, 5) is 12.3. The number of carbonyl (C=O) groups is 1. The second-order valence-electron chi connectivity index (χ2n) is 5.95. The summed E-state index contributed by atoms with van der Waals surface area (Å²) in [6.07, 6.45) is 5.48. The van der Waals surface area contributed by atoms with Crippen LogP contribution in [0.3, 0.4) is 0 Å². The Bertz CT molecular complexity index is 561. The van der Waals surface area contributed by atoms with Gasteiger partial charge in [-0.1, -0.05) is 12.8 Å². The fourth-order valence-electron chi connectivity index (χ4n) is 3.88. The molecule has 0 aromatic heterocycles. The van der Waals surface area contributed by atoms with Crippen LogP contribution in [-0.4, -0.2) is 19.1 Å². The van der Waals surface area contributed by atoms with Crippen LogP contribution < -0.4 is 10.1 Å². The van der Waals surface area contributed by atoms with Gasteiger partial charge in [-0.2, -0.15) is 0 Å². The highest BCUT2D eigenvalue weighted by molar-refractivity contribution is 5.95. The molecule has 1 aromatic rings. The predicted octanol–water partition coefficient (Wildman–Crippen LogP) is 3.28. The topological polar surface area (TPSA) is 38.3 Å². The summed E-state index contributed by atoms with van der Waals surface area (Å²) in [5, 5.41) is 2.83. The highest BCUT2D eigenvalue weighted by atomic mass is 19.1. The molecule has 0 saturated heterocycles. The minimum absolute atomic E-state index is 0.0370. The Balaban J connectivity index is 1.79. The third-order valence-corrected chi connectivity index (χ3v) is 4.90. The van der Waals surface area contributed by atoms with E-state index in [0.29, 0.717) is 11.8 Å². The van der Waals surface area contributed by atoms with Crippen LogP contribution in [0.4, 0.5) is 8.78 Å². The summed E-state index contributed by atoms with van der Waals surface area (Å²) in [6, 6.07) is 2.28. The molecule has 0 heterocycles. The summed E-state index contributed by atoms with van der Waals surface area (Å²) in [5.41, 5.74) is -0.546. The van der Waals surface area contributed by atoms with E-state index in [4.69, 9.17) is 4.74 Å². The first kappa shape index (κ1) is 14.3. The molecule has 2 aliphatic rings. The number of carbonyl (C=O) groups excluding carboxylic acids is 1. The summed E-state index contributed by atoms with van der Waals surface area (Å²) < 4.78 is 32.7. The van der Waals surface area contributed by atoms with Gasteiger partial charge in [0.05, 0.1) is 7.11 Å². The Morgan fingerprint density at radius 1 is 1.24 bits per heavy atom. The first-order valence-electron chi connectivity index (χ1n) is 7.44. The van der Waals surface area contributed by atoms with E-state index in [9.17, 15) is 13.6 Å². The fourth-order valence-corrected chi connectivity index (χ4v) is 3.88. The van der Waals surface area contributed by atoms with Gasteiger partial charge in [0.1, 0.15) is 11.4 Å². The monoisotopic (exact) mass is 295 g/mol. The fraction of sp³-hybridized carbons (Fsp3) is 0.562. The normalized spacial score (nSPS) is 27.5. The van der Waals surface area contributed by atoms with Crippen molar-refractivity contribution in [3.05, 3.63) is 29.3 Å². The van der Waals surface area contributed by atoms with E-state index >= 15 is 0 Å². The maximum Gasteiger partial charge on any atom is 0.257 e. The number of fused-ring (bicyclic) bond motifs is 1. The van der Waals surface area contributed by atoms with Crippen LogP contribution in [-0.2, 0) is 0 Å². The van der Waals surface area contributed by atoms with Crippen molar-refractivity contribution in [3.8, 4) is 5.75 Å². The van der Waals surface area contributed by atoms with Crippen molar-refractivity contribution >= 4 is 5.91 Å². The Kier molecular flexibility index (Phi) is 3.83. The van der Waals surface area contributed by atoms with Crippen LogP contribution in [0.1, 0.15) is 42.5 Å². The molecule has 1 aromatic carbocycles. The number of benzene rings is 1. The third kappa shape index (κ3) is 2.49. The van der Waals surface area contributed by atoms with Gasteiger partial charge in [-0.3, -0.25) is 4.79 Å². The smallest absolute Gasteiger partial charge is 0.257 e. The lowest BCUT2D eigenvalue weighted by Crippen LogP contribution is -2.38. The molecule has 2 fully saturated rings.